The van der Waals surface area contributed by atoms with Gasteiger partial charge in [-0.1, -0.05) is 29.3 Å². The molecule has 0 aliphatic heterocycles. The molecule has 1 rings (SSSR count). The van der Waals surface area contributed by atoms with Gasteiger partial charge in [0.25, 0.3) is 0 Å². The van der Waals surface area contributed by atoms with Gasteiger partial charge in [0.1, 0.15) is 0 Å². The van der Waals surface area contributed by atoms with E-state index in [-0.39, 0.29) is 17.3 Å². The van der Waals surface area contributed by atoms with Crippen molar-refractivity contribution in [1.82, 2.24) is 4.72 Å². The summed E-state index contributed by atoms with van der Waals surface area (Å²) in [6.45, 7) is 1.13. The van der Waals surface area contributed by atoms with Crippen LogP contribution in [0.3, 0.4) is 0 Å². The van der Waals surface area contributed by atoms with E-state index in [0.29, 0.717) is 10.7 Å². The summed E-state index contributed by atoms with van der Waals surface area (Å²) in [6.07, 6.45) is 0. The fraction of sp³-hybridized carbons (Fsp3) is 0.300. The molecule has 8 heteroatoms. The van der Waals surface area contributed by atoms with Gasteiger partial charge in [-0.15, -0.1) is 0 Å². The molecule has 18 heavy (non-hydrogen) atoms. The average Bonchev–Trinajstić information content (AvgIpc) is 2.33. The molecule has 0 bridgehead atoms. The minimum atomic E-state index is -3.40. The van der Waals surface area contributed by atoms with Crippen molar-refractivity contribution in [1.29, 1.82) is 0 Å². The molecule has 5 nitrogen and oxygen atoms in total. The van der Waals surface area contributed by atoms with E-state index in [1.54, 1.807) is 18.2 Å². The second kappa shape index (κ2) is 6.38. The predicted molar refractivity (Wildman–Crippen MR) is 72.6 cm³/mol. The van der Waals surface area contributed by atoms with Crippen LogP contribution in [0, 0.1) is 0 Å². The van der Waals surface area contributed by atoms with Crippen LogP contribution < -0.4 is 10.0 Å². The molecule has 0 aromatic heterocycles. The van der Waals surface area contributed by atoms with Crippen molar-refractivity contribution in [2.24, 2.45) is 0 Å². The number of rotatable bonds is 5. The Morgan fingerprint density at radius 3 is 2.61 bits per heavy atom. The first kappa shape index (κ1) is 15.2. The molecule has 1 aromatic carbocycles. The van der Waals surface area contributed by atoms with Crippen molar-refractivity contribution in [2.75, 3.05) is 17.6 Å². The van der Waals surface area contributed by atoms with Crippen LogP contribution in [0.1, 0.15) is 6.92 Å². The molecule has 0 fully saturated rings. The van der Waals surface area contributed by atoms with E-state index >= 15 is 0 Å². The second-order valence-electron chi connectivity index (χ2n) is 3.37. The first-order valence-electron chi connectivity index (χ1n) is 5.07. The van der Waals surface area contributed by atoms with Crippen molar-refractivity contribution in [3.05, 3.63) is 28.2 Å². The van der Waals surface area contributed by atoms with Gasteiger partial charge in [0, 0.05) is 0 Å². The highest BCUT2D eigenvalue weighted by molar-refractivity contribution is 7.89. The van der Waals surface area contributed by atoms with Crippen LogP contribution in [0.2, 0.25) is 10.0 Å². The van der Waals surface area contributed by atoms with E-state index in [4.69, 9.17) is 23.2 Å². The van der Waals surface area contributed by atoms with Crippen LogP contribution in [0.4, 0.5) is 5.69 Å². The average molecular weight is 311 g/mol. The minimum absolute atomic E-state index is 0.0851. The summed E-state index contributed by atoms with van der Waals surface area (Å²) in [5, 5.41) is 2.99. The number of anilines is 1. The number of halogens is 2. The van der Waals surface area contributed by atoms with E-state index in [1.807, 2.05) is 0 Å². The third-order valence-electron chi connectivity index (χ3n) is 2.06. The molecule has 2 N–H and O–H groups in total. The predicted octanol–water partition coefficient (Wildman–Crippen LogP) is 1.87. The highest BCUT2D eigenvalue weighted by Crippen LogP contribution is 2.29. The summed E-state index contributed by atoms with van der Waals surface area (Å²) in [4.78, 5) is 11.5. The maximum absolute atomic E-state index is 11.5. The normalized spacial score (nSPS) is 11.3. The van der Waals surface area contributed by atoms with Crippen LogP contribution in [0.5, 0.6) is 0 Å². The summed E-state index contributed by atoms with van der Waals surface area (Å²) in [5.41, 5.74) is 0.338. The summed E-state index contributed by atoms with van der Waals surface area (Å²) in [5.74, 6) is -0.603. The van der Waals surface area contributed by atoms with Gasteiger partial charge in [-0.3, -0.25) is 4.79 Å². The molecule has 0 aliphatic carbocycles. The Morgan fingerprint density at radius 2 is 2.00 bits per heavy atom. The van der Waals surface area contributed by atoms with E-state index in [0.717, 1.165) is 0 Å². The fourth-order valence-electron chi connectivity index (χ4n) is 1.07. The Hall–Kier alpha value is -0.820. The monoisotopic (exact) mass is 310 g/mol. The van der Waals surface area contributed by atoms with Gasteiger partial charge >= 0.3 is 0 Å². The number of amides is 1. The van der Waals surface area contributed by atoms with E-state index in [2.05, 4.69) is 10.0 Å². The van der Waals surface area contributed by atoms with Gasteiger partial charge in [0.2, 0.25) is 15.9 Å². The zero-order valence-corrected chi connectivity index (χ0v) is 11.9. The lowest BCUT2D eigenvalue weighted by Gasteiger charge is -2.08. The van der Waals surface area contributed by atoms with E-state index in [1.165, 1.54) is 6.92 Å². The van der Waals surface area contributed by atoms with Gasteiger partial charge in [-0.25, -0.2) is 13.1 Å². The topological polar surface area (TPSA) is 75.3 Å². The quantitative estimate of drug-likeness (QED) is 0.871. The van der Waals surface area contributed by atoms with Gasteiger partial charge in [0.15, 0.2) is 0 Å². The highest BCUT2D eigenvalue weighted by Gasteiger charge is 2.11. The van der Waals surface area contributed by atoms with Crippen molar-refractivity contribution >= 4 is 44.8 Å². The van der Waals surface area contributed by atoms with Gasteiger partial charge in [0.05, 0.1) is 28.0 Å². The summed E-state index contributed by atoms with van der Waals surface area (Å²) in [6, 6.07) is 4.78. The first-order valence-corrected chi connectivity index (χ1v) is 7.47. The number of carbonyl (C=O) groups excluding carboxylic acids is 1. The number of hydrogen-bond donors (Lipinski definition) is 2. The molecular formula is C10H12Cl2N2O3S. The van der Waals surface area contributed by atoms with Gasteiger partial charge in [-0.05, 0) is 19.1 Å². The maximum Gasteiger partial charge on any atom is 0.239 e. The summed E-state index contributed by atoms with van der Waals surface area (Å²) < 4.78 is 24.4. The molecule has 0 saturated carbocycles. The van der Waals surface area contributed by atoms with Gasteiger partial charge < -0.3 is 5.32 Å². The van der Waals surface area contributed by atoms with Crippen molar-refractivity contribution in [3.8, 4) is 0 Å². The Kier molecular flexibility index (Phi) is 5.40. The van der Waals surface area contributed by atoms with Gasteiger partial charge in [-0.2, -0.15) is 0 Å². The van der Waals surface area contributed by atoms with Crippen molar-refractivity contribution < 1.29 is 13.2 Å². The van der Waals surface area contributed by atoms with Crippen LogP contribution >= 0.6 is 23.2 Å². The van der Waals surface area contributed by atoms with Crippen LogP contribution in [-0.2, 0) is 14.8 Å². The first-order chi connectivity index (χ1) is 8.35. The minimum Gasteiger partial charge on any atom is -0.324 e. The Balaban J connectivity index is 2.63. The van der Waals surface area contributed by atoms with Crippen LogP contribution in [0.25, 0.3) is 0 Å². The molecule has 0 unspecified atom stereocenters. The molecule has 1 aromatic rings. The van der Waals surface area contributed by atoms with Crippen molar-refractivity contribution in [3.63, 3.8) is 0 Å². The summed E-state index contributed by atoms with van der Waals surface area (Å²) in [7, 11) is -3.40. The zero-order chi connectivity index (χ0) is 13.8. The highest BCUT2D eigenvalue weighted by atomic mass is 35.5. The molecule has 0 spiro atoms. The molecule has 1 amide bonds. The Bertz CT molecular complexity index is 546. The largest absolute Gasteiger partial charge is 0.324 e. The van der Waals surface area contributed by atoms with Crippen LogP contribution in [-0.4, -0.2) is 26.6 Å². The SMILES string of the molecule is CCS(=O)(=O)NCC(=O)Nc1cccc(Cl)c1Cl. The smallest absolute Gasteiger partial charge is 0.239 e. The number of hydrogen-bond acceptors (Lipinski definition) is 3. The summed E-state index contributed by atoms with van der Waals surface area (Å²) >= 11 is 11.6. The zero-order valence-electron chi connectivity index (χ0n) is 9.54. The third kappa shape index (κ3) is 4.45. The van der Waals surface area contributed by atoms with E-state index < -0.39 is 15.9 Å². The van der Waals surface area contributed by atoms with Crippen molar-refractivity contribution in [2.45, 2.75) is 6.92 Å². The Labute approximate surface area is 116 Å². The van der Waals surface area contributed by atoms with Crippen LogP contribution in [0.15, 0.2) is 18.2 Å². The third-order valence-corrected chi connectivity index (χ3v) is 4.22. The maximum atomic E-state index is 11.5. The molecule has 0 heterocycles. The lowest BCUT2D eigenvalue weighted by molar-refractivity contribution is -0.115. The molecule has 0 atom stereocenters. The van der Waals surface area contributed by atoms with E-state index in [9.17, 15) is 13.2 Å². The molecule has 100 valence electrons. The lowest BCUT2D eigenvalue weighted by atomic mass is 10.3. The lowest BCUT2D eigenvalue weighted by Crippen LogP contribution is -2.33. The molecule has 0 saturated heterocycles. The number of nitrogens with one attached hydrogen (secondary N) is 2. The standard InChI is InChI=1S/C10H12Cl2N2O3S/c1-2-18(16,17)13-6-9(15)14-8-5-3-4-7(11)10(8)12/h3-5,13H,2,6H2,1H3,(H,14,15). The Morgan fingerprint density at radius 1 is 1.33 bits per heavy atom. The molecule has 0 radical (unpaired) electrons. The number of carbonyl (C=O) groups is 1. The fourth-order valence-corrected chi connectivity index (χ4v) is 1.98. The number of benzene rings is 1. The number of sulfonamides is 1. The molecular weight excluding hydrogens is 299 g/mol. The second-order valence-corrected chi connectivity index (χ2v) is 6.25. The molecule has 0 aliphatic rings.